The number of aliphatic imine (C=N–C) groups is 1. The van der Waals surface area contributed by atoms with E-state index in [1.165, 1.54) is 51.7 Å². The van der Waals surface area contributed by atoms with Gasteiger partial charge in [-0.2, -0.15) is 0 Å². The van der Waals surface area contributed by atoms with Crippen LogP contribution in [0.25, 0.3) is 0 Å². The van der Waals surface area contributed by atoms with E-state index in [4.69, 9.17) is 0 Å². The third-order valence-electron chi connectivity index (χ3n) is 5.44. The van der Waals surface area contributed by atoms with Gasteiger partial charge in [0.2, 0.25) is 0 Å². The van der Waals surface area contributed by atoms with Crippen LogP contribution in [0.1, 0.15) is 52.4 Å². The second-order valence-electron chi connectivity index (χ2n) is 7.94. The van der Waals surface area contributed by atoms with Crippen molar-refractivity contribution in [1.82, 2.24) is 15.1 Å². The third-order valence-corrected chi connectivity index (χ3v) is 7.97. The fourth-order valence-electron chi connectivity index (χ4n) is 3.68. The van der Waals surface area contributed by atoms with Crippen molar-refractivity contribution < 1.29 is 8.42 Å². The first-order chi connectivity index (χ1) is 11.9. The summed E-state index contributed by atoms with van der Waals surface area (Å²) in [4.78, 5) is 9.01. The third kappa shape index (κ3) is 6.82. The molecule has 2 aliphatic rings. The summed E-state index contributed by atoms with van der Waals surface area (Å²) >= 11 is 0. The lowest BCUT2D eigenvalue weighted by Gasteiger charge is -2.39. The van der Waals surface area contributed by atoms with Gasteiger partial charge in [-0.15, -0.1) is 24.0 Å². The maximum Gasteiger partial charge on any atom is 0.193 e. The quantitative estimate of drug-likeness (QED) is 0.263. The lowest BCUT2D eigenvalue weighted by Crippen LogP contribution is -2.57. The van der Waals surface area contributed by atoms with Crippen molar-refractivity contribution in [1.29, 1.82) is 0 Å². The maximum atomic E-state index is 12.1. The molecule has 2 saturated heterocycles. The normalized spacial score (nSPS) is 23.3. The van der Waals surface area contributed by atoms with Crippen molar-refractivity contribution in [2.45, 2.75) is 57.1 Å². The number of halogens is 1. The summed E-state index contributed by atoms with van der Waals surface area (Å²) in [6.45, 7) is 9.33. The minimum atomic E-state index is -3.01. The molecule has 0 aromatic carbocycles. The van der Waals surface area contributed by atoms with Gasteiger partial charge in [-0.05, 0) is 59.2 Å². The van der Waals surface area contributed by atoms with Crippen LogP contribution < -0.4 is 5.32 Å². The van der Waals surface area contributed by atoms with Crippen molar-refractivity contribution in [2.75, 3.05) is 52.1 Å². The Morgan fingerprint density at radius 2 is 1.77 bits per heavy atom. The number of hydrogen-bond acceptors (Lipinski definition) is 4. The average Bonchev–Trinajstić information content (AvgIpc) is 2.58. The standard InChI is InChI=1S/C18H36N4O2S.HI/c1-18(2)16-22(14-15-25(18,23)24)17(19-3)20-10-6-4-7-11-21-12-8-5-9-13-21;/h4-16H2,1-3H3,(H,19,20);1H. The van der Waals surface area contributed by atoms with Gasteiger partial charge in [-0.3, -0.25) is 4.99 Å². The molecule has 6 nitrogen and oxygen atoms in total. The summed E-state index contributed by atoms with van der Waals surface area (Å²) in [6, 6.07) is 0. The first-order valence-electron chi connectivity index (χ1n) is 9.76. The van der Waals surface area contributed by atoms with E-state index in [9.17, 15) is 8.42 Å². The Morgan fingerprint density at radius 1 is 1.08 bits per heavy atom. The Balaban J connectivity index is 0.00000338. The Morgan fingerprint density at radius 3 is 2.38 bits per heavy atom. The molecule has 0 aromatic rings. The van der Waals surface area contributed by atoms with Crippen molar-refractivity contribution in [3.63, 3.8) is 0 Å². The van der Waals surface area contributed by atoms with Crippen molar-refractivity contribution in [3.8, 4) is 0 Å². The first kappa shape index (κ1) is 23.9. The topological polar surface area (TPSA) is 65.0 Å². The van der Waals surface area contributed by atoms with Crippen molar-refractivity contribution in [2.24, 2.45) is 4.99 Å². The van der Waals surface area contributed by atoms with Crippen molar-refractivity contribution in [3.05, 3.63) is 0 Å². The summed E-state index contributed by atoms with van der Waals surface area (Å²) in [5.74, 6) is 1.04. The predicted octanol–water partition coefficient (Wildman–Crippen LogP) is 2.35. The van der Waals surface area contributed by atoms with Crippen LogP contribution in [0.2, 0.25) is 0 Å². The smallest absolute Gasteiger partial charge is 0.193 e. The van der Waals surface area contributed by atoms with Crippen LogP contribution in [0.5, 0.6) is 0 Å². The molecule has 0 aliphatic carbocycles. The zero-order valence-electron chi connectivity index (χ0n) is 16.7. The van der Waals surface area contributed by atoms with E-state index in [0.717, 1.165) is 18.9 Å². The lowest BCUT2D eigenvalue weighted by atomic mass is 10.1. The predicted molar refractivity (Wildman–Crippen MR) is 120 cm³/mol. The highest BCUT2D eigenvalue weighted by Crippen LogP contribution is 2.23. The zero-order valence-corrected chi connectivity index (χ0v) is 19.8. The zero-order chi connectivity index (χ0) is 18.3. The number of guanidine groups is 1. The molecule has 0 spiro atoms. The van der Waals surface area contributed by atoms with Gasteiger partial charge < -0.3 is 15.1 Å². The second-order valence-corrected chi connectivity index (χ2v) is 10.7. The molecule has 0 aromatic heterocycles. The average molecular weight is 500 g/mol. The maximum absolute atomic E-state index is 12.1. The van der Waals surface area contributed by atoms with E-state index < -0.39 is 14.6 Å². The van der Waals surface area contributed by atoms with Gasteiger partial charge in [0.05, 0.1) is 10.5 Å². The molecule has 0 saturated carbocycles. The summed E-state index contributed by atoms with van der Waals surface area (Å²) in [5.41, 5.74) is 0. The van der Waals surface area contributed by atoms with E-state index in [2.05, 4.69) is 20.1 Å². The molecule has 2 rings (SSSR count). The molecule has 1 N–H and O–H groups in total. The van der Waals surface area contributed by atoms with Crippen LogP contribution >= 0.6 is 24.0 Å². The Hall–Kier alpha value is -0.0900. The molecular weight excluding hydrogens is 463 g/mol. The van der Waals surface area contributed by atoms with E-state index >= 15 is 0 Å². The number of nitrogens with one attached hydrogen (secondary N) is 1. The summed E-state index contributed by atoms with van der Waals surface area (Å²) in [7, 11) is -1.24. The van der Waals surface area contributed by atoms with Crippen LogP contribution in [-0.2, 0) is 9.84 Å². The van der Waals surface area contributed by atoms with Crippen LogP contribution in [0, 0.1) is 0 Å². The Labute approximate surface area is 177 Å². The van der Waals surface area contributed by atoms with Gasteiger partial charge in [0.25, 0.3) is 0 Å². The Bertz CT molecular complexity index is 545. The molecule has 0 bridgehead atoms. The van der Waals surface area contributed by atoms with Gasteiger partial charge in [0, 0.05) is 26.7 Å². The van der Waals surface area contributed by atoms with E-state index in [1.807, 2.05) is 13.8 Å². The van der Waals surface area contributed by atoms with Crippen molar-refractivity contribution >= 4 is 39.8 Å². The molecular formula is C18H37IN4O2S. The van der Waals surface area contributed by atoms with Gasteiger partial charge in [0.15, 0.2) is 15.8 Å². The fourth-order valence-corrected chi connectivity index (χ4v) is 5.04. The highest BCUT2D eigenvalue weighted by molar-refractivity contribution is 14.0. The number of likely N-dealkylation sites (tertiary alicyclic amines) is 1. The number of hydrogen-bond donors (Lipinski definition) is 1. The molecule has 0 amide bonds. The van der Waals surface area contributed by atoms with E-state index in [-0.39, 0.29) is 29.7 Å². The number of nitrogens with zero attached hydrogens (tertiary/aromatic N) is 3. The van der Waals surface area contributed by atoms with Crippen LogP contribution in [0.15, 0.2) is 4.99 Å². The van der Waals surface area contributed by atoms with Crippen LogP contribution in [0.3, 0.4) is 0 Å². The monoisotopic (exact) mass is 500 g/mol. The highest BCUT2D eigenvalue weighted by atomic mass is 127. The summed E-state index contributed by atoms with van der Waals surface area (Å²) in [5, 5.41) is 3.41. The highest BCUT2D eigenvalue weighted by Gasteiger charge is 2.40. The lowest BCUT2D eigenvalue weighted by molar-refractivity contribution is 0.224. The number of rotatable bonds is 6. The number of unbranched alkanes of at least 4 members (excludes halogenated alkanes) is 2. The molecule has 8 heteroatoms. The van der Waals surface area contributed by atoms with Gasteiger partial charge >= 0.3 is 0 Å². The molecule has 154 valence electrons. The second kappa shape index (κ2) is 11.0. The minimum absolute atomic E-state index is 0. The molecule has 0 atom stereocenters. The summed E-state index contributed by atoms with van der Waals surface area (Å²) in [6.07, 6.45) is 7.73. The van der Waals surface area contributed by atoms with Gasteiger partial charge in [-0.25, -0.2) is 8.42 Å². The Kier molecular flexibility index (Phi) is 10.2. The van der Waals surface area contributed by atoms with Crippen LogP contribution in [-0.4, -0.2) is 81.0 Å². The molecule has 26 heavy (non-hydrogen) atoms. The molecule has 2 aliphatic heterocycles. The van der Waals surface area contributed by atoms with Crippen LogP contribution in [0.4, 0.5) is 0 Å². The number of sulfone groups is 1. The van der Waals surface area contributed by atoms with Gasteiger partial charge in [0.1, 0.15) is 0 Å². The minimum Gasteiger partial charge on any atom is -0.356 e. The fraction of sp³-hybridized carbons (Fsp3) is 0.944. The molecule has 2 heterocycles. The SMILES string of the molecule is CN=C(NCCCCCN1CCCCC1)N1CCS(=O)(=O)C(C)(C)C1.I. The van der Waals surface area contributed by atoms with E-state index in [1.54, 1.807) is 7.05 Å². The molecule has 2 fully saturated rings. The number of piperidine rings is 1. The molecule has 0 radical (unpaired) electrons. The van der Waals surface area contributed by atoms with E-state index in [0.29, 0.717) is 13.1 Å². The largest absolute Gasteiger partial charge is 0.356 e. The first-order valence-corrected chi connectivity index (χ1v) is 11.4. The molecule has 0 unspecified atom stereocenters. The van der Waals surface area contributed by atoms with Gasteiger partial charge in [-0.1, -0.05) is 12.8 Å². The summed E-state index contributed by atoms with van der Waals surface area (Å²) < 4.78 is 23.6.